The Hall–Kier alpha value is -2.91. The van der Waals surface area contributed by atoms with E-state index >= 15 is 0 Å². The molecule has 178 valence electrons. The van der Waals surface area contributed by atoms with Gasteiger partial charge in [0.05, 0.1) is 21.9 Å². The van der Waals surface area contributed by atoms with E-state index in [0.717, 1.165) is 16.9 Å². The summed E-state index contributed by atoms with van der Waals surface area (Å²) in [5.41, 5.74) is 2.82. The first-order valence-corrected chi connectivity index (χ1v) is 12.2. The van der Waals surface area contributed by atoms with Crippen molar-refractivity contribution in [2.24, 2.45) is 0 Å². The second-order valence-electron chi connectivity index (χ2n) is 7.95. The Morgan fingerprint density at radius 3 is 2.59 bits per heavy atom. The fourth-order valence-corrected chi connectivity index (χ4v) is 4.71. The molecule has 1 aliphatic rings. The van der Waals surface area contributed by atoms with E-state index in [2.05, 4.69) is 10.2 Å². The average Bonchev–Trinajstić information content (AvgIpc) is 3.30. The Morgan fingerprint density at radius 2 is 1.91 bits per heavy atom. The van der Waals surface area contributed by atoms with Gasteiger partial charge in [0.25, 0.3) is 11.8 Å². The lowest BCUT2D eigenvalue weighted by molar-refractivity contribution is -0.125. The van der Waals surface area contributed by atoms with Crippen molar-refractivity contribution in [1.82, 2.24) is 5.32 Å². The van der Waals surface area contributed by atoms with E-state index in [0.29, 0.717) is 35.5 Å². The first-order valence-electron chi connectivity index (χ1n) is 11.0. The van der Waals surface area contributed by atoms with E-state index in [9.17, 15) is 14.7 Å². The monoisotopic (exact) mass is 499 g/mol. The van der Waals surface area contributed by atoms with Crippen LogP contribution in [-0.2, 0) is 16.1 Å². The number of halogens is 1. The van der Waals surface area contributed by atoms with Gasteiger partial charge in [0.1, 0.15) is 6.61 Å². The zero-order valence-electron chi connectivity index (χ0n) is 18.5. The molecule has 1 aliphatic heterocycles. The highest BCUT2D eigenvalue weighted by Crippen LogP contribution is 2.24. The van der Waals surface area contributed by atoms with Crippen LogP contribution in [0.5, 0.6) is 0 Å². The van der Waals surface area contributed by atoms with Gasteiger partial charge in [-0.2, -0.15) is 0 Å². The van der Waals surface area contributed by atoms with Crippen LogP contribution in [-0.4, -0.2) is 55.9 Å². The summed E-state index contributed by atoms with van der Waals surface area (Å²) < 4.78 is 5.76. The highest BCUT2D eigenvalue weighted by Gasteiger charge is 2.21. The standard InChI is InChI=1S/C25H26ClN3O4S/c26-23-11-10-22(34-23)25(32)27-14-21(30)16-28(15-18-4-2-1-3-5-18)19-6-8-20(9-7-19)29-12-13-33-17-24(29)31/h1-11,21,30H,12-17H2,(H,27,32). The molecular formula is C25H26ClN3O4S. The zero-order valence-corrected chi connectivity index (χ0v) is 20.1. The second kappa shape index (κ2) is 11.5. The molecule has 0 aliphatic carbocycles. The number of ether oxygens (including phenoxy) is 1. The maximum absolute atomic E-state index is 12.3. The summed E-state index contributed by atoms with van der Waals surface area (Å²) in [6.45, 7) is 2.15. The van der Waals surface area contributed by atoms with Gasteiger partial charge in [-0.15, -0.1) is 11.3 Å². The van der Waals surface area contributed by atoms with E-state index in [4.69, 9.17) is 16.3 Å². The van der Waals surface area contributed by atoms with Crippen molar-refractivity contribution >= 4 is 46.1 Å². The number of morpholine rings is 1. The number of thiophene rings is 1. The highest BCUT2D eigenvalue weighted by atomic mass is 35.5. The van der Waals surface area contributed by atoms with Crippen LogP contribution in [0.15, 0.2) is 66.7 Å². The van der Waals surface area contributed by atoms with Crippen LogP contribution in [0.3, 0.4) is 0 Å². The number of rotatable bonds is 9. The number of hydrogen-bond acceptors (Lipinski definition) is 6. The number of aliphatic hydroxyl groups excluding tert-OH is 1. The molecule has 1 atom stereocenters. The zero-order chi connectivity index (χ0) is 23.9. The SMILES string of the molecule is O=C(NCC(O)CN(Cc1ccccc1)c1ccc(N2CCOCC2=O)cc1)c1ccc(Cl)s1. The van der Waals surface area contributed by atoms with Gasteiger partial charge in [-0.1, -0.05) is 41.9 Å². The van der Waals surface area contributed by atoms with Crippen LogP contribution in [0, 0.1) is 0 Å². The van der Waals surface area contributed by atoms with Crippen LogP contribution in [0.1, 0.15) is 15.2 Å². The van der Waals surface area contributed by atoms with Crippen molar-refractivity contribution in [3.05, 3.63) is 81.5 Å². The van der Waals surface area contributed by atoms with Crippen molar-refractivity contribution < 1.29 is 19.4 Å². The van der Waals surface area contributed by atoms with Gasteiger partial charge in [-0.3, -0.25) is 9.59 Å². The molecule has 2 aromatic carbocycles. The number of benzene rings is 2. The van der Waals surface area contributed by atoms with E-state index in [1.54, 1.807) is 17.0 Å². The van der Waals surface area contributed by atoms with Gasteiger partial charge < -0.3 is 25.0 Å². The van der Waals surface area contributed by atoms with Crippen LogP contribution in [0.25, 0.3) is 0 Å². The Labute approximate surface area is 207 Å². The summed E-state index contributed by atoms with van der Waals surface area (Å²) in [7, 11) is 0. The topological polar surface area (TPSA) is 82.1 Å². The van der Waals surface area contributed by atoms with Crippen molar-refractivity contribution in [2.75, 3.05) is 42.6 Å². The minimum Gasteiger partial charge on any atom is -0.389 e. The molecular weight excluding hydrogens is 474 g/mol. The number of nitrogens with one attached hydrogen (secondary N) is 1. The molecule has 1 fully saturated rings. The molecule has 0 saturated carbocycles. The summed E-state index contributed by atoms with van der Waals surface area (Å²) in [6, 6.07) is 21.0. The summed E-state index contributed by atoms with van der Waals surface area (Å²) in [4.78, 5) is 28.7. The van der Waals surface area contributed by atoms with Gasteiger partial charge in [-0.25, -0.2) is 0 Å². The average molecular weight is 500 g/mol. The number of anilines is 2. The van der Waals surface area contributed by atoms with Gasteiger partial charge in [0, 0.05) is 37.6 Å². The Bertz CT molecular complexity index is 1110. The molecule has 0 radical (unpaired) electrons. The van der Waals surface area contributed by atoms with E-state index < -0.39 is 6.10 Å². The van der Waals surface area contributed by atoms with Crippen LogP contribution >= 0.6 is 22.9 Å². The normalized spacial score (nSPS) is 14.6. The molecule has 2 heterocycles. The van der Waals surface area contributed by atoms with Crippen molar-refractivity contribution in [3.63, 3.8) is 0 Å². The van der Waals surface area contributed by atoms with E-state index in [1.165, 1.54) is 11.3 Å². The molecule has 0 spiro atoms. The number of nitrogens with zero attached hydrogens (tertiary/aromatic N) is 2. The van der Waals surface area contributed by atoms with Crippen molar-refractivity contribution in [1.29, 1.82) is 0 Å². The molecule has 3 aromatic rings. The molecule has 1 unspecified atom stereocenters. The summed E-state index contributed by atoms with van der Waals surface area (Å²) >= 11 is 7.10. The van der Waals surface area contributed by atoms with Crippen molar-refractivity contribution in [3.8, 4) is 0 Å². The Morgan fingerprint density at radius 1 is 1.15 bits per heavy atom. The van der Waals surface area contributed by atoms with Crippen molar-refractivity contribution in [2.45, 2.75) is 12.6 Å². The molecule has 9 heteroatoms. The lowest BCUT2D eigenvalue weighted by atomic mass is 10.1. The first-order chi connectivity index (χ1) is 16.5. The maximum atomic E-state index is 12.3. The minimum atomic E-state index is -0.788. The van der Waals surface area contributed by atoms with Crippen LogP contribution in [0.4, 0.5) is 11.4 Å². The quantitative estimate of drug-likeness (QED) is 0.470. The maximum Gasteiger partial charge on any atom is 0.261 e. The van der Waals surface area contributed by atoms with Gasteiger partial charge in [-0.05, 0) is 42.0 Å². The van der Waals surface area contributed by atoms with E-state index in [1.807, 2.05) is 54.6 Å². The number of aliphatic hydroxyl groups is 1. The molecule has 2 amide bonds. The number of hydrogen-bond donors (Lipinski definition) is 2. The molecule has 2 N–H and O–H groups in total. The predicted molar refractivity (Wildman–Crippen MR) is 135 cm³/mol. The molecule has 4 rings (SSSR count). The van der Waals surface area contributed by atoms with Gasteiger partial charge in [0.2, 0.25) is 0 Å². The predicted octanol–water partition coefficient (Wildman–Crippen LogP) is 3.56. The number of carbonyl (C=O) groups is 2. The summed E-state index contributed by atoms with van der Waals surface area (Å²) in [5.74, 6) is -0.316. The van der Waals surface area contributed by atoms with Gasteiger partial charge in [0.15, 0.2) is 0 Å². The summed E-state index contributed by atoms with van der Waals surface area (Å²) in [5, 5.41) is 13.5. The molecule has 1 aromatic heterocycles. The first kappa shape index (κ1) is 24.2. The number of carbonyl (C=O) groups excluding carboxylic acids is 2. The van der Waals surface area contributed by atoms with Gasteiger partial charge >= 0.3 is 0 Å². The summed E-state index contributed by atoms with van der Waals surface area (Å²) in [6.07, 6.45) is -0.788. The minimum absolute atomic E-state index is 0.0571. The number of amides is 2. The highest BCUT2D eigenvalue weighted by molar-refractivity contribution is 7.18. The molecule has 7 nitrogen and oxygen atoms in total. The Kier molecular flexibility index (Phi) is 8.18. The third-order valence-corrected chi connectivity index (χ3v) is 6.68. The van der Waals surface area contributed by atoms with Crippen LogP contribution < -0.4 is 15.1 Å². The fourth-order valence-electron chi connectivity index (χ4n) is 3.75. The third-order valence-electron chi connectivity index (χ3n) is 5.45. The van der Waals surface area contributed by atoms with E-state index in [-0.39, 0.29) is 25.0 Å². The lowest BCUT2D eigenvalue weighted by Gasteiger charge is -2.30. The molecule has 34 heavy (non-hydrogen) atoms. The molecule has 0 bridgehead atoms. The fraction of sp³-hybridized carbons (Fsp3) is 0.280. The Balaban J connectivity index is 1.44. The largest absolute Gasteiger partial charge is 0.389 e. The molecule has 1 saturated heterocycles. The third kappa shape index (κ3) is 6.36. The smallest absolute Gasteiger partial charge is 0.261 e. The van der Waals surface area contributed by atoms with Crippen LogP contribution in [0.2, 0.25) is 4.34 Å². The second-order valence-corrected chi connectivity index (χ2v) is 9.66. The lowest BCUT2D eigenvalue weighted by Crippen LogP contribution is -2.41.